The Kier molecular flexibility index (Phi) is 7.09. The van der Waals surface area contributed by atoms with E-state index in [-0.39, 0.29) is 18.6 Å². The lowest BCUT2D eigenvalue weighted by molar-refractivity contribution is -0.124. The lowest BCUT2D eigenvalue weighted by atomic mass is 9.98. The van der Waals surface area contributed by atoms with Crippen LogP contribution in [0.2, 0.25) is 0 Å². The van der Waals surface area contributed by atoms with E-state index in [9.17, 15) is 4.79 Å². The minimum absolute atomic E-state index is 0.0130. The number of ether oxygens (including phenoxy) is 2. The minimum atomic E-state index is -0.131. The first-order valence-electron chi connectivity index (χ1n) is 7.08. The summed E-state index contributed by atoms with van der Waals surface area (Å²) in [5.74, 6) is 1.08. The third kappa shape index (κ3) is 5.21. The van der Waals surface area contributed by atoms with Gasteiger partial charge >= 0.3 is 0 Å². The molecule has 0 heterocycles. The molecular weight excluding hydrogens is 254 g/mol. The van der Waals surface area contributed by atoms with Gasteiger partial charge in [-0.25, -0.2) is 0 Å². The molecule has 0 radical (unpaired) electrons. The Morgan fingerprint density at radius 3 is 2.65 bits per heavy atom. The summed E-state index contributed by atoms with van der Waals surface area (Å²) in [4.78, 5) is 11.8. The summed E-state index contributed by atoms with van der Waals surface area (Å²) in [5, 5.41) is 2.82. The van der Waals surface area contributed by atoms with Gasteiger partial charge in [-0.2, -0.15) is 0 Å². The van der Waals surface area contributed by atoms with E-state index in [4.69, 9.17) is 9.47 Å². The molecule has 0 aromatic heterocycles. The van der Waals surface area contributed by atoms with Crippen molar-refractivity contribution in [3.8, 4) is 5.75 Å². The number of carbonyl (C=O) groups is 1. The number of para-hydroxylation sites is 1. The maximum Gasteiger partial charge on any atom is 0.258 e. The quantitative estimate of drug-likeness (QED) is 0.796. The summed E-state index contributed by atoms with van der Waals surface area (Å²) in [5.41, 5.74) is 1.15. The minimum Gasteiger partial charge on any atom is -0.483 e. The van der Waals surface area contributed by atoms with E-state index in [0.29, 0.717) is 12.5 Å². The topological polar surface area (TPSA) is 47.6 Å². The second-order valence-electron chi connectivity index (χ2n) is 5.06. The summed E-state index contributed by atoms with van der Waals surface area (Å²) in [6.07, 6.45) is 1.04. The predicted molar refractivity (Wildman–Crippen MR) is 80.1 cm³/mol. The van der Waals surface area contributed by atoms with Gasteiger partial charge in [0.2, 0.25) is 0 Å². The van der Waals surface area contributed by atoms with E-state index in [1.165, 1.54) is 0 Å². The summed E-state index contributed by atoms with van der Waals surface area (Å²) in [6, 6.07) is 7.87. The second-order valence-corrected chi connectivity index (χ2v) is 5.06. The number of amides is 1. The van der Waals surface area contributed by atoms with Gasteiger partial charge < -0.3 is 14.8 Å². The highest BCUT2D eigenvalue weighted by Crippen LogP contribution is 2.28. The van der Waals surface area contributed by atoms with Crippen LogP contribution in [0.3, 0.4) is 0 Å². The molecule has 0 saturated carbocycles. The van der Waals surface area contributed by atoms with Crippen LogP contribution in [0, 0.1) is 0 Å². The van der Waals surface area contributed by atoms with Crippen LogP contribution in [0.15, 0.2) is 24.3 Å². The van der Waals surface area contributed by atoms with Crippen LogP contribution in [-0.4, -0.2) is 32.3 Å². The number of carbonyl (C=O) groups excluding carboxylic acids is 1. The molecule has 4 nitrogen and oxygen atoms in total. The molecule has 0 aliphatic carbocycles. The second kappa shape index (κ2) is 8.59. The van der Waals surface area contributed by atoms with Crippen molar-refractivity contribution in [2.24, 2.45) is 0 Å². The number of hydrogen-bond donors (Lipinski definition) is 1. The molecule has 0 saturated heterocycles. The van der Waals surface area contributed by atoms with E-state index in [2.05, 4.69) is 25.2 Å². The van der Waals surface area contributed by atoms with Gasteiger partial charge in [0.25, 0.3) is 5.91 Å². The molecule has 0 bridgehead atoms. The van der Waals surface area contributed by atoms with E-state index in [1.807, 2.05) is 25.1 Å². The Labute approximate surface area is 121 Å². The first kappa shape index (κ1) is 16.5. The molecule has 1 rings (SSSR count). The lowest BCUT2D eigenvalue weighted by Crippen LogP contribution is -2.38. The lowest BCUT2D eigenvalue weighted by Gasteiger charge is -2.17. The average Bonchev–Trinajstić information content (AvgIpc) is 2.44. The van der Waals surface area contributed by atoms with E-state index >= 15 is 0 Å². The van der Waals surface area contributed by atoms with Gasteiger partial charge in [0.15, 0.2) is 6.61 Å². The van der Waals surface area contributed by atoms with Crippen LogP contribution < -0.4 is 10.1 Å². The van der Waals surface area contributed by atoms with Crippen LogP contribution in [0.5, 0.6) is 5.75 Å². The van der Waals surface area contributed by atoms with Gasteiger partial charge in [0, 0.05) is 13.2 Å². The van der Waals surface area contributed by atoms with Crippen LogP contribution in [0.1, 0.15) is 38.7 Å². The van der Waals surface area contributed by atoms with Crippen LogP contribution in [-0.2, 0) is 9.53 Å². The molecule has 1 N–H and O–H groups in total. The van der Waals surface area contributed by atoms with Crippen LogP contribution in [0.25, 0.3) is 0 Å². The Morgan fingerprint density at radius 1 is 1.30 bits per heavy atom. The molecule has 4 heteroatoms. The molecule has 1 amide bonds. The molecule has 20 heavy (non-hydrogen) atoms. The van der Waals surface area contributed by atoms with Gasteiger partial charge in [-0.15, -0.1) is 0 Å². The first-order chi connectivity index (χ1) is 9.58. The molecule has 0 aliphatic rings. The maximum atomic E-state index is 11.8. The number of hydrogen-bond acceptors (Lipinski definition) is 3. The fourth-order valence-corrected chi connectivity index (χ4v) is 1.99. The summed E-state index contributed by atoms with van der Waals surface area (Å²) < 4.78 is 10.6. The normalized spacial score (nSPS) is 13.6. The van der Waals surface area contributed by atoms with E-state index in [0.717, 1.165) is 17.7 Å². The molecule has 0 spiro atoms. The zero-order chi connectivity index (χ0) is 15.0. The van der Waals surface area contributed by atoms with Crippen molar-refractivity contribution in [3.05, 3.63) is 29.8 Å². The molecule has 112 valence electrons. The number of nitrogens with one attached hydrogen (secondary N) is 1. The van der Waals surface area contributed by atoms with E-state index < -0.39 is 0 Å². The zero-order valence-electron chi connectivity index (χ0n) is 12.8. The Balaban J connectivity index is 2.55. The fraction of sp³-hybridized carbons (Fsp3) is 0.562. The van der Waals surface area contributed by atoms with Crippen molar-refractivity contribution in [1.82, 2.24) is 5.32 Å². The van der Waals surface area contributed by atoms with Gasteiger partial charge in [-0.1, -0.05) is 32.0 Å². The van der Waals surface area contributed by atoms with Crippen molar-refractivity contribution >= 4 is 5.91 Å². The molecule has 0 fully saturated rings. The highest BCUT2D eigenvalue weighted by molar-refractivity contribution is 5.77. The van der Waals surface area contributed by atoms with Crippen LogP contribution >= 0.6 is 0 Å². The third-order valence-corrected chi connectivity index (χ3v) is 3.25. The Morgan fingerprint density at radius 2 is 2.00 bits per heavy atom. The molecule has 0 aliphatic heterocycles. The van der Waals surface area contributed by atoms with Gasteiger partial charge in [-0.05, 0) is 30.9 Å². The molecular formula is C16H25NO3. The van der Waals surface area contributed by atoms with E-state index in [1.54, 1.807) is 7.11 Å². The van der Waals surface area contributed by atoms with Crippen molar-refractivity contribution in [1.29, 1.82) is 0 Å². The fourth-order valence-electron chi connectivity index (χ4n) is 1.99. The predicted octanol–water partition coefficient (Wildman–Crippen LogP) is 2.73. The van der Waals surface area contributed by atoms with Gasteiger partial charge in [0.05, 0.1) is 6.61 Å². The summed E-state index contributed by atoms with van der Waals surface area (Å²) >= 11 is 0. The summed E-state index contributed by atoms with van der Waals surface area (Å²) in [6.45, 7) is 6.72. The number of benzene rings is 1. The zero-order valence-corrected chi connectivity index (χ0v) is 12.8. The summed E-state index contributed by atoms with van der Waals surface area (Å²) in [7, 11) is 1.61. The third-order valence-electron chi connectivity index (χ3n) is 3.25. The standard InChI is InChI=1S/C16H25NO3/c1-5-12(2)14-8-6-7-9-15(14)20-11-16(18)17-13(3)10-19-4/h6-9,12-13H,5,10-11H2,1-4H3,(H,17,18). The Bertz CT molecular complexity index is 420. The molecule has 2 unspecified atom stereocenters. The molecule has 1 aromatic carbocycles. The van der Waals surface area contributed by atoms with Gasteiger partial charge in [0.1, 0.15) is 5.75 Å². The highest BCUT2D eigenvalue weighted by atomic mass is 16.5. The van der Waals surface area contributed by atoms with Crippen molar-refractivity contribution in [3.63, 3.8) is 0 Å². The van der Waals surface area contributed by atoms with Crippen molar-refractivity contribution in [2.45, 2.75) is 39.2 Å². The Hall–Kier alpha value is -1.55. The van der Waals surface area contributed by atoms with Crippen LogP contribution in [0.4, 0.5) is 0 Å². The smallest absolute Gasteiger partial charge is 0.258 e. The molecule has 1 aromatic rings. The van der Waals surface area contributed by atoms with Gasteiger partial charge in [-0.3, -0.25) is 4.79 Å². The first-order valence-corrected chi connectivity index (χ1v) is 7.08. The van der Waals surface area contributed by atoms with Crippen molar-refractivity contribution in [2.75, 3.05) is 20.3 Å². The maximum absolute atomic E-state index is 11.8. The highest BCUT2D eigenvalue weighted by Gasteiger charge is 2.12. The number of rotatable bonds is 8. The number of methoxy groups -OCH3 is 1. The SMILES string of the molecule is CCC(C)c1ccccc1OCC(=O)NC(C)COC. The van der Waals surface area contributed by atoms with Crippen molar-refractivity contribution < 1.29 is 14.3 Å². The average molecular weight is 279 g/mol. The molecule has 2 atom stereocenters. The largest absolute Gasteiger partial charge is 0.483 e. The monoisotopic (exact) mass is 279 g/mol.